The Labute approximate surface area is 176 Å². The highest BCUT2D eigenvalue weighted by Crippen LogP contribution is 2.30. The minimum absolute atomic E-state index is 0.628. The van der Waals surface area contributed by atoms with Crippen molar-refractivity contribution < 1.29 is 4.74 Å². The zero-order valence-electron chi connectivity index (χ0n) is 16.2. The molecular formula is C25H23ClN2O. The van der Waals surface area contributed by atoms with Crippen LogP contribution in [0.25, 0.3) is 22.4 Å². The van der Waals surface area contributed by atoms with Crippen molar-refractivity contribution in [2.45, 2.75) is 19.4 Å². The summed E-state index contributed by atoms with van der Waals surface area (Å²) in [7, 11) is 0. The largest absolute Gasteiger partial charge is 0.493 e. The number of rotatable bonds is 8. The first kappa shape index (κ1) is 19.3. The van der Waals surface area contributed by atoms with Crippen LogP contribution in [0, 0.1) is 0 Å². The first-order chi connectivity index (χ1) is 14.3. The topological polar surface area (TPSA) is 27.1 Å². The van der Waals surface area contributed by atoms with Crippen molar-refractivity contribution >= 4 is 22.6 Å². The molecule has 1 heterocycles. The number of aromatic nitrogens is 2. The van der Waals surface area contributed by atoms with Crippen molar-refractivity contribution in [3.63, 3.8) is 0 Å². The lowest BCUT2D eigenvalue weighted by Gasteiger charge is -2.13. The Morgan fingerprint density at radius 1 is 0.966 bits per heavy atom. The summed E-state index contributed by atoms with van der Waals surface area (Å²) >= 11 is 6.46. The molecule has 0 radical (unpaired) electrons. The van der Waals surface area contributed by atoms with Gasteiger partial charge in [0.1, 0.15) is 11.6 Å². The van der Waals surface area contributed by atoms with E-state index in [4.69, 9.17) is 21.3 Å². The highest BCUT2D eigenvalue weighted by molar-refractivity contribution is 6.33. The standard InChI is InChI=1S/C25H23ClN2O/c1-2-10-19-11-3-8-16-24(19)29-18-9-17-28-23-15-7-6-14-22(23)27-25(28)20-12-4-5-13-21(20)26/h2-8,11-16H,1,9-10,17-18H2. The monoisotopic (exact) mass is 402 g/mol. The Balaban J connectivity index is 1.55. The number of hydrogen-bond acceptors (Lipinski definition) is 2. The van der Waals surface area contributed by atoms with E-state index in [1.54, 1.807) is 0 Å². The quantitative estimate of drug-likeness (QED) is 0.246. The van der Waals surface area contributed by atoms with E-state index >= 15 is 0 Å². The van der Waals surface area contributed by atoms with E-state index in [1.807, 2.05) is 66.7 Å². The SMILES string of the molecule is C=CCc1ccccc1OCCCn1c(-c2ccccc2Cl)nc2ccccc21. The number of allylic oxidation sites excluding steroid dienone is 1. The molecule has 0 aliphatic heterocycles. The van der Waals surface area contributed by atoms with Crippen LogP contribution in [-0.2, 0) is 13.0 Å². The van der Waals surface area contributed by atoms with Crippen LogP contribution in [0.3, 0.4) is 0 Å². The molecule has 0 amide bonds. The molecule has 4 rings (SSSR count). The van der Waals surface area contributed by atoms with Gasteiger partial charge in [-0.05, 0) is 48.7 Å². The van der Waals surface area contributed by atoms with Gasteiger partial charge in [0.15, 0.2) is 0 Å². The van der Waals surface area contributed by atoms with Gasteiger partial charge in [-0.15, -0.1) is 6.58 Å². The average molecular weight is 403 g/mol. The summed E-state index contributed by atoms with van der Waals surface area (Å²) in [5, 5.41) is 0.707. The second kappa shape index (κ2) is 8.97. The van der Waals surface area contributed by atoms with E-state index in [0.29, 0.717) is 11.6 Å². The zero-order chi connectivity index (χ0) is 20.1. The van der Waals surface area contributed by atoms with Crippen LogP contribution in [0.2, 0.25) is 5.02 Å². The fraction of sp³-hybridized carbons (Fsp3) is 0.160. The van der Waals surface area contributed by atoms with Crippen molar-refractivity contribution in [3.8, 4) is 17.1 Å². The third-order valence-electron chi connectivity index (χ3n) is 4.89. The van der Waals surface area contributed by atoms with E-state index in [2.05, 4.69) is 23.3 Å². The van der Waals surface area contributed by atoms with Crippen LogP contribution in [0.4, 0.5) is 0 Å². The van der Waals surface area contributed by atoms with Crippen LogP contribution >= 0.6 is 11.6 Å². The molecule has 4 aromatic rings. The Hall–Kier alpha value is -3.04. The normalized spacial score (nSPS) is 10.9. The van der Waals surface area contributed by atoms with E-state index in [9.17, 15) is 0 Å². The van der Waals surface area contributed by atoms with Crippen LogP contribution in [0.1, 0.15) is 12.0 Å². The molecule has 29 heavy (non-hydrogen) atoms. The summed E-state index contributed by atoms with van der Waals surface area (Å²) < 4.78 is 8.29. The third-order valence-corrected chi connectivity index (χ3v) is 5.22. The van der Waals surface area contributed by atoms with Crippen LogP contribution in [0.5, 0.6) is 5.75 Å². The molecule has 0 atom stereocenters. The van der Waals surface area contributed by atoms with Gasteiger partial charge in [-0.2, -0.15) is 0 Å². The predicted molar refractivity (Wildman–Crippen MR) is 121 cm³/mol. The van der Waals surface area contributed by atoms with Crippen LogP contribution in [0.15, 0.2) is 85.5 Å². The fourth-order valence-electron chi connectivity index (χ4n) is 3.52. The molecule has 0 bridgehead atoms. The Morgan fingerprint density at radius 3 is 2.59 bits per heavy atom. The predicted octanol–water partition coefficient (Wildman–Crippen LogP) is 6.55. The van der Waals surface area contributed by atoms with E-state index in [0.717, 1.165) is 53.1 Å². The molecule has 0 saturated heterocycles. The highest BCUT2D eigenvalue weighted by atomic mass is 35.5. The van der Waals surface area contributed by atoms with Gasteiger partial charge in [-0.25, -0.2) is 4.98 Å². The highest BCUT2D eigenvalue weighted by Gasteiger charge is 2.14. The molecule has 3 aromatic carbocycles. The van der Waals surface area contributed by atoms with Crippen LogP contribution < -0.4 is 4.74 Å². The molecular weight excluding hydrogens is 380 g/mol. The van der Waals surface area contributed by atoms with Gasteiger partial charge in [-0.1, -0.05) is 60.1 Å². The number of fused-ring (bicyclic) bond motifs is 1. The van der Waals surface area contributed by atoms with Gasteiger partial charge in [-0.3, -0.25) is 0 Å². The molecule has 1 aromatic heterocycles. The fourth-order valence-corrected chi connectivity index (χ4v) is 3.74. The molecule has 146 valence electrons. The number of ether oxygens (including phenoxy) is 1. The van der Waals surface area contributed by atoms with E-state index in [1.165, 1.54) is 0 Å². The maximum absolute atomic E-state index is 6.46. The summed E-state index contributed by atoms with van der Waals surface area (Å²) in [5.74, 6) is 1.82. The van der Waals surface area contributed by atoms with E-state index in [-0.39, 0.29) is 0 Å². The number of halogens is 1. The molecule has 0 N–H and O–H groups in total. The summed E-state index contributed by atoms with van der Waals surface area (Å²) in [4.78, 5) is 4.85. The van der Waals surface area contributed by atoms with Crippen molar-refractivity contribution in [1.29, 1.82) is 0 Å². The maximum atomic E-state index is 6.46. The minimum atomic E-state index is 0.628. The molecule has 0 spiro atoms. The molecule has 0 saturated carbocycles. The number of hydrogen-bond donors (Lipinski definition) is 0. The first-order valence-electron chi connectivity index (χ1n) is 9.79. The molecule has 0 aliphatic rings. The summed E-state index contributed by atoms with van der Waals surface area (Å²) in [6.07, 6.45) is 3.56. The summed E-state index contributed by atoms with van der Waals surface area (Å²) in [6.45, 7) is 5.25. The van der Waals surface area contributed by atoms with Crippen molar-refractivity contribution in [2.24, 2.45) is 0 Å². The number of nitrogens with zero attached hydrogens (tertiary/aromatic N) is 2. The lowest BCUT2D eigenvalue weighted by atomic mass is 10.1. The Bertz CT molecular complexity index is 1130. The van der Waals surface area contributed by atoms with Gasteiger partial charge < -0.3 is 9.30 Å². The van der Waals surface area contributed by atoms with Crippen LogP contribution in [-0.4, -0.2) is 16.2 Å². The van der Waals surface area contributed by atoms with Gasteiger partial charge in [0.05, 0.1) is 22.7 Å². The number of imidazole rings is 1. The van der Waals surface area contributed by atoms with Gasteiger partial charge in [0.25, 0.3) is 0 Å². The maximum Gasteiger partial charge on any atom is 0.142 e. The third kappa shape index (κ3) is 4.20. The van der Waals surface area contributed by atoms with Gasteiger partial charge in [0, 0.05) is 12.1 Å². The zero-order valence-corrected chi connectivity index (χ0v) is 17.0. The molecule has 4 heteroatoms. The average Bonchev–Trinajstić information content (AvgIpc) is 3.11. The first-order valence-corrected chi connectivity index (χ1v) is 10.2. The van der Waals surface area contributed by atoms with Gasteiger partial charge in [0.2, 0.25) is 0 Å². The molecule has 3 nitrogen and oxygen atoms in total. The molecule has 0 fully saturated rings. The van der Waals surface area contributed by atoms with Crippen molar-refractivity contribution in [1.82, 2.24) is 9.55 Å². The minimum Gasteiger partial charge on any atom is -0.493 e. The van der Waals surface area contributed by atoms with Crippen molar-refractivity contribution in [2.75, 3.05) is 6.61 Å². The lowest BCUT2D eigenvalue weighted by Crippen LogP contribution is -2.07. The second-order valence-electron chi connectivity index (χ2n) is 6.86. The molecule has 0 aliphatic carbocycles. The Morgan fingerprint density at radius 2 is 1.72 bits per heavy atom. The summed E-state index contributed by atoms with van der Waals surface area (Å²) in [5.41, 5.74) is 4.18. The number of para-hydroxylation sites is 3. The number of aryl methyl sites for hydroxylation is 1. The second-order valence-corrected chi connectivity index (χ2v) is 7.27. The summed E-state index contributed by atoms with van der Waals surface area (Å²) in [6, 6.07) is 24.2. The molecule has 0 unspecified atom stereocenters. The smallest absolute Gasteiger partial charge is 0.142 e. The van der Waals surface area contributed by atoms with Crippen molar-refractivity contribution in [3.05, 3.63) is 96.0 Å². The Kier molecular flexibility index (Phi) is 5.97. The lowest BCUT2D eigenvalue weighted by molar-refractivity contribution is 0.300. The number of benzene rings is 3. The van der Waals surface area contributed by atoms with Gasteiger partial charge >= 0.3 is 0 Å². The van der Waals surface area contributed by atoms with E-state index < -0.39 is 0 Å².